The average Bonchev–Trinajstić information content (AvgIpc) is 2.48. The number of hydrogen-bond acceptors (Lipinski definition) is 1. The predicted molar refractivity (Wildman–Crippen MR) is 90.4 cm³/mol. The standard InChI is InChI=1S/C20H19N/c1-14(2)19-7-5-4-6-17(19)12-16-9-11-20-18(13-16)10-8-15(3)21-20/h4-11,13H,1,12H2,2-3H3. The number of nitrogens with zero attached hydrogens (tertiary/aromatic N) is 1. The Labute approximate surface area is 126 Å². The van der Waals surface area contributed by atoms with Gasteiger partial charge in [0.15, 0.2) is 0 Å². The minimum absolute atomic E-state index is 0.923. The number of fused-ring (bicyclic) bond motifs is 1. The van der Waals surface area contributed by atoms with Gasteiger partial charge in [-0.1, -0.05) is 48.6 Å². The minimum Gasteiger partial charge on any atom is -0.253 e. The normalized spacial score (nSPS) is 10.8. The molecule has 2 aromatic carbocycles. The summed E-state index contributed by atoms with van der Waals surface area (Å²) in [6.45, 7) is 8.16. The molecule has 3 rings (SSSR count). The van der Waals surface area contributed by atoms with Crippen LogP contribution in [0.1, 0.15) is 29.3 Å². The number of aromatic nitrogens is 1. The summed E-state index contributed by atoms with van der Waals surface area (Å²) in [6, 6.07) is 19.2. The average molecular weight is 273 g/mol. The predicted octanol–water partition coefficient (Wildman–Crippen LogP) is 5.17. The van der Waals surface area contributed by atoms with Crippen LogP contribution in [0, 0.1) is 6.92 Å². The zero-order valence-electron chi connectivity index (χ0n) is 12.6. The van der Waals surface area contributed by atoms with Crippen LogP contribution in [0.25, 0.3) is 16.5 Å². The van der Waals surface area contributed by atoms with Crippen LogP contribution >= 0.6 is 0 Å². The van der Waals surface area contributed by atoms with Crippen molar-refractivity contribution in [1.29, 1.82) is 0 Å². The summed E-state index contributed by atoms with van der Waals surface area (Å²) in [6.07, 6.45) is 0.923. The lowest BCUT2D eigenvalue weighted by Crippen LogP contribution is -1.94. The highest BCUT2D eigenvalue weighted by Crippen LogP contribution is 2.22. The highest BCUT2D eigenvalue weighted by atomic mass is 14.7. The third-order valence-electron chi connectivity index (χ3n) is 3.76. The Morgan fingerprint density at radius 2 is 1.86 bits per heavy atom. The van der Waals surface area contributed by atoms with E-state index >= 15 is 0 Å². The van der Waals surface area contributed by atoms with E-state index in [9.17, 15) is 0 Å². The van der Waals surface area contributed by atoms with E-state index < -0.39 is 0 Å². The first-order chi connectivity index (χ1) is 10.1. The number of aryl methyl sites for hydroxylation is 1. The molecule has 104 valence electrons. The van der Waals surface area contributed by atoms with Gasteiger partial charge in [0.25, 0.3) is 0 Å². The molecule has 1 aromatic heterocycles. The van der Waals surface area contributed by atoms with Crippen molar-refractivity contribution in [2.45, 2.75) is 20.3 Å². The van der Waals surface area contributed by atoms with Crippen LogP contribution in [0.2, 0.25) is 0 Å². The first-order valence-corrected chi connectivity index (χ1v) is 7.23. The molecule has 3 aromatic rings. The summed E-state index contributed by atoms with van der Waals surface area (Å²) in [4.78, 5) is 4.56. The topological polar surface area (TPSA) is 12.9 Å². The molecule has 0 unspecified atom stereocenters. The van der Waals surface area contributed by atoms with Gasteiger partial charge < -0.3 is 0 Å². The maximum Gasteiger partial charge on any atom is 0.0705 e. The summed E-state index contributed by atoms with van der Waals surface area (Å²) in [5.41, 5.74) is 7.12. The highest BCUT2D eigenvalue weighted by Gasteiger charge is 2.05. The van der Waals surface area contributed by atoms with E-state index in [1.165, 1.54) is 22.1 Å². The van der Waals surface area contributed by atoms with Gasteiger partial charge in [-0.25, -0.2) is 0 Å². The van der Waals surface area contributed by atoms with Crippen molar-refractivity contribution in [3.05, 3.63) is 83.6 Å². The van der Waals surface area contributed by atoms with Crippen molar-refractivity contribution in [1.82, 2.24) is 4.98 Å². The van der Waals surface area contributed by atoms with Crippen LogP contribution < -0.4 is 0 Å². The first-order valence-electron chi connectivity index (χ1n) is 7.23. The van der Waals surface area contributed by atoms with Gasteiger partial charge in [0.2, 0.25) is 0 Å². The molecule has 0 aliphatic carbocycles. The molecule has 1 heteroatoms. The molecule has 1 nitrogen and oxygen atoms in total. The van der Waals surface area contributed by atoms with Gasteiger partial charge in [0.05, 0.1) is 5.52 Å². The van der Waals surface area contributed by atoms with Crippen LogP contribution in [-0.2, 0) is 6.42 Å². The van der Waals surface area contributed by atoms with Gasteiger partial charge in [-0.15, -0.1) is 0 Å². The fourth-order valence-electron chi connectivity index (χ4n) is 2.70. The number of allylic oxidation sites excluding steroid dienone is 1. The minimum atomic E-state index is 0.923. The number of benzene rings is 2. The molecule has 0 saturated heterocycles. The van der Waals surface area contributed by atoms with Crippen LogP contribution in [0.15, 0.2) is 61.2 Å². The summed E-state index contributed by atoms with van der Waals surface area (Å²) < 4.78 is 0. The molecular weight excluding hydrogens is 254 g/mol. The number of rotatable bonds is 3. The van der Waals surface area contributed by atoms with E-state index in [1.54, 1.807) is 0 Å². The SMILES string of the molecule is C=C(C)c1ccccc1Cc1ccc2nc(C)ccc2c1. The molecule has 0 radical (unpaired) electrons. The number of pyridine rings is 1. The van der Waals surface area contributed by atoms with Crippen molar-refractivity contribution >= 4 is 16.5 Å². The summed E-state index contributed by atoms with van der Waals surface area (Å²) >= 11 is 0. The van der Waals surface area contributed by atoms with Gasteiger partial charge >= 0.3 is 0 Å². The van der Waals surface area contributed by atoms with Crippen molar-refractivity contribution in [3.8, 4) is 0 Å². The zero-order valence-corrected chi connectivity index (χ0v) is 12.6. The number of hydrogen-bond donors (Lipinski definition) is 0. The zero-order chi connectivity index (χ0) is 14.8. The molecule has 0 fully saturated rings. The Morgan fingerprint density at radius 1 is 1.05 bits per heavy atom. The van der Waals surface area contributed by atoms with Gasteiger partial charge in [-0.05, 0) is 55.2 Å². The van der Waals surface area contributed by atoms with Crippen molar-refractivity contribution in [2.75, 3.05) is 0 Å². The molecule has 0 amide bonds. The fraction of sp³-hybridized carbons (Fsp3) is 0.150. The van der Waals surface area contributed by atoms with Gasteiger partial charge in [0, 0.05) is 11.1 Å². The second-order valence-electron chi connectivity index (χ2n) is 5.59. The second kappa shape index (κ2) is 5.53. The lowest BCUT2D eigenvalue weighted by molar-refractivity contribution is 1.18. The van der Waals surface area contributed by atoms with Gasteiger partial charge in [-0.3, -0.25) is 4.98 Å². The molecule has 0 spiro atoms. The Bertz CT molecular complexity index is 815. The maximum atomic E-state index is 4.56. The van der Waals surface area contributed by atoms with Crippen LogP contribution in [-0.4, -0.2) is 4.98 Å². The molecule has 1 heterocycles. The third-order valence-corrected chi connectivity index (χ3v) is 3.76. The van der Waals surface area contributed by atoms with E-state index in [2.05, 4.69) is 73.1 Å². The van der Waals surface area contributed by atoms with Crippen LogP contribution in [0.4, 0.5) is 0 Å². The highest BCUT2D eigenvalue weighted by molar-refractivity contribution is 5.79. The third kappa shape index (κ3) is 2.87. The molecular formula is C20H19N. The molecule has 0 bridgehead atoms. The van der Waals surface area contributed by atoms with Gasteiger partial charge in [0.1, 0.15) is 0 Å². The molecule has 0 saturated carbocycles. The summed E-state index contributed by atoms with van der Waals surface area (Å²) in [7, 11) is 0. The Hall–Kier alpha value is -2.41. The van der Waals surface area contributed by atoms with E-state index in [1.807, 2.05) is 6.92 Å². The summed E-state index contributed by atoms with van der Waals surface area (Å²) in [5, 5.41) is 1.20. The van der Waals surface area contributed by atoms with E-state index in [0.29, 0.717) is 0 Å². The van der Waals surface area contributed by atoms with E-state index in [4.69, 9.17) is 0 Å². The van der Waals surface area contributed by atoms with Crippen molar-refractivity contribution < 1.29 is 0 Å². The molecule has 21 heavy (non-hydrogen) atoms. The van der Waals surface area contributed by atoms with Crippen molar-refractivity contribution in [2.24, 2.45) is 0 Å². The Balaban J connectivity index is 1.99. The Kier molecular flexibility index (Phi) is 3.57. The lowest BCUT2D eigenvalue weighted by Gasteiger charge is -2.10. The largest absolute Gasteiger partial charge is 0.253 e. The van der Waals surface area contributed by atoms with Crippen molar-refractivity contribution in [3.63, 3.8) is 0 Å². The lowest BCUT2D eigenvalue weighted by atomic mass is 9.95. The molecule has 0 aliphatic heterocycles. The van der Waals surface area contributed by atoms with Crippen LogP contribution in [0.3, 0.4) is 0 Å². The molecule has 0 aliphatic rings. The maximum absolute atomic E-state index is 4.56. The van der Waals surface area contributed by atoms with Crippen LogP contribution in [0.5, 0.6) is 0 Å². The fourth-order valence-corrected chi connectivity index (χ4v) is 2.70. The van der Waals surface area contributed by atoms with Gasteiger partial charge in [-0.2, -0.15) is 0 Å². The Morgan fingerprint density at radius 3 is 2.67 bits per heavy atom. The summed E-state index contributed by atoms with van der Waals surface area (Å²) in [5.74, 6) is 0. The second-order valence-corrected chi connectivity index (χ2v) is 5.59. The smallest absolute Gasteiger partial charge is 0.0705 e. The molecule has 0 N–H and O–H groups in total. The van der Waals surface area contributed by atoms with E-state index in [0.717, 1.165) is 23.2 Å². The monoisotopic (exact) mass is 273 g/mol. The quantitative estimate of drug-likeness (QED) is 0.641. The first kappa shape index (κ1) is 13.6. The van der Waals surface area contributed by atoms with E-state index in [-0.39, 0.29) is 0 Å². The molecule has 0 atom stereocenters.